The Labute approximate surface area is 204 Å². The summed E-state index contributed by atoms with van der Waals surface area (Å²) in [5, 5.41) is 25.9. The Hall–Kier alpha value is -3.65. The van der Waals surface area contributed by atoms with Gasteiger partial charge in [-0.3, -0.25) is 4.79 Å². The first-order chi connectivity index (χ1) is 17.0. The van der Waals surface area contributed by atoms with Crippen molar-refractivity contribution in [2.75, 3.05) is 23.8 Å². The second-order valence-electron chi connectivity index (χ2n) is 8.93. The van der Waals surface area contributed by atoms with Crippen LogP contribution in [0.1, 0.15) is 49.7 Å². The highest BCUT2D eigenvalue weighted by Gasteiger charge is 2.43. The number of hydrogen-bond donors (Lipinski definition) is 4. The molecule has 0 fully saturated rings. The van der Waals surface area contributed by atoms with Gasteiger partial charge in [-0.05, 0) is 37.5 Å². The number of benzene rings is 2. The molecule has 35 heavy (non-hydrogen) atoms. The number of carboxylic acid groups (broad SMARTS) is 1. The lowest BCUT2D eigenvalue weighted by Gasteiger charge is -2.39. The zero-order chi connectivity index (χ0) is 24.8. The van der Waals surface area contributed by atoms with Crippen LogP contribution >= 0.6 is 0 Å². The lowest BCUT2D eigenvalue weighted by molar-refractivity contribution is -0.142. The SMILES string of the molecule is CC1Nc2c(c(NCCCCCCO)nc(=O)n2-c2ccccc2)C(c2ccccc2)C1C(=O)O. The number of unbranched alkanes of at least 4 members (excludes halogenated alkanes) is 3. The molecular formula is C27H32N4O4. The topological polar surface area (TPSA) is 116 Å². The monoisotopic (exact) mass is 476 g/mol. The maximum absolute atomic E-state index is 13.3. The summed E-state index contributed by atoms with van der Waals surface area (Å²) in [6, 6.07) is 18.4. The minimum Gasteiger partial charge on any atom is -0.481 e. The number of nitrogens with zero attached hydrogens (tertiary/aromatic N) is 2. The molecule has 1 aliphatic rings. The molecule has 3 aromatic rings. The van der Waals surface area contributed by atoms with Gasteiger partial charge in [0.1, 0.15) is 11.6 Å². The molecule has 1 aliphatic heterocycles. The summed E-state index contributed by atoms with van der Waals surface area (Å²) in [6.07, 6.45) is 3.47. The van der Waals surface area contributed by atoms with Gasteiger partial charge in [-0.2, -0.15) is 4.98 Å². The zero-order valence-corrected chi connectivity index (χ0v) is 19.9. The number of carboxylic acids is 1. The third-order valence-corrected chi connectivity index (χ3v) is 6.54. The zero-order valence-electron chi connectivity index (χ0n) is 19.9. The minimum atomic E-state index is -0.906. The molecule has 0 aliphatic carbocycles. The van der Waals surface area contributed by atoms with Crippen molar-refractivity contribution in [2.24, 2.45) is 5.92 Å². The molecule has 0 saturated heterocycles. The van der Waals surface area contributed by atoms with Gasteiger partial charge in [0.15, 0.2) is 0 Å². The number of para-hydroxylation sites is 1. The Bertz CT molecular complexity index is 1200. The van der Waals surface area contributed by atoms with E-state index in [9.17, 15) is 14.7 Å². The van der Waals surface area contributed by atoms with E-state index < -0.39 is 29.5 Å². The Morgan fingerprint density at radius 3 is 2.34 bits per heavy atom. The second kappa shape index (κ2) is 11.2. The van der Waals surface area contributed by atoms with Gasteiger partial charge in [0, 0.05) is 30.7 Å². The van der Waals surface area contributed by atoms with Crippen LogP contribution in [0, 0.1) is 5.92 Å². The molecule has 0 saturated carbocycles. The maximum Gasteiger partial charge on any atom is 0.355 e. The average molecular weight is 477 g/mol. The second-order valence-corrected chi connectivity index (χ2v) is 8.93. The van der Waals surface area contributed by atoms with Crippen LogP contribution in [0.15, 0.2) is 65.5 Å². The molecule has 0 radical (unpaired) electrons. The summed E-state index contributed by atoms with van der Waals surface area (Å²) < 4.78 is 1.53. The smallest absolute Gasteiger partial charge is 0.355 e. The molecule has 184 valence electrons. The Kier molecular flexibility index (Phi) is 7.82. The molecule has 0 bridgehead atoms. The lowest BCUT2D eigenvalue weighted by atomic mass is 9.75. The van der Waals surface area contributed by atoms with Gasteiger partial charge in [0.05, 0.1) is 11.6 Å². The van der Waals surface area contributed by atoms with E-state index in [0.29, 0.717) is 29.4 Å². The summed E-state index contributed by atoms with van der Waals surface area (Å²) in [6.45, 7) is 2.61. The molecule has 8 nitrogen and oxygen atoms in total. The fourth-order valence-electron chi connectivity index (χ4n) is 4.88. The van der Waals surface area contributed by atoms with Gasteiger partial charge in [0.25, 0.3) is 0 Å². The van der Waals surface area contributed by atoms with E-state index in [1.165, 1.54) is 4.57 Å². The van der Waals surface area contributed by atoms with E-state index >= 15 is 0 Å². The van der Waals surface area contributed by atoms with Crippen LogP contribution in [-0.2, 0) is 4.79 Å². The number of hydrogen-bond acceptors (Lipinski definition) is 6. The molecule has 8 heteroatoms. The van der Waals surface area contributed by atoms with Crippen molar-refractivity contribution in [3.63, 3.8) is 0 Å². The van der Waals surface area contributed by atoms with Gasteiger partial charge < -0.3 is 20.8 Å². The van der Waals surface area contributed by atoms with E-state index in [-0.39, 0.29) is 6.61 Å². The van der Waals surface area contributed by atoms with E-state index in [2.05, 4.69) is 15.6 Å². The third kappa shape index (κ3) is 5.22. The van der Waals surface area contributed by atoms with Crippen molar-refractivity contribution < 1.29 is 15.0 Å². The average Bonchev–Trinajstić information content (AvgIpc) is 2.86. The van der Waals surface area contributed by atoms with Crippen LogP contribution in [0.5, 0.6) is 0 Å². The summed E-state index contributed by atoms with van der Waals surface area (Å²) >= 11 is 0. The number of nitrogens with one attached hydrogen (secondary N) is 2. The molecule has 4 rings (SSSR count). The Morgan fingerprint density at radius 2 is 1.69 bits per heavy atom. The first kappa shape index (κ1) is 24.5. The van der Waals surface area contributed by atoms with Crippen molar-refractivity contribution in [1.82, 2.24) is 9.55 Å². The van der Waals surface area contributed by atoms with Gasteiger partial charge >= 0.3 is 11.7 Å². The van der Waals surface area contributed by atoms with Crippen molar-refractivity contribution in [3.8, 4) is 5.69 Å². The van der Waals surface area contributed by atoms with E-state index in [4.69, 9.17) is 5.11 Å². The number of rotatable bonds is 10. The van der Waals surface area contributed by atoms with Gasteiger partial charge in [-0.1, -0.05) is 61.4 Å². The normalized spacial score (nSPS) is 19.0. The molecule has 2 aromatic carbocycles. The predicted octanol–water partition coefficient (Wildman–Crippen LogP) is 3.84. The van der Waals surface area contributed by atoms with Gasteiger partial charge in [0.2, 0.25) is 0 Å². The van der Waals surface area contributed by atoms with E-state index in [0.717, 1.165) is 31.2 Å². The quantitative estimate of drug-likeness (QED) is 0.329. The highest BCUT2D eigenvalue weighted by atomic mass is 16.4. The largest absolute Gasteiger partial charge is 0.481 e. The van der Waals surface area contributed by atoms with Crippen molar-refractivity contribution in [2.45, 2.75) is 44.6 Å². The third-order valence-electron chi connectivity index (χ3n) is 6.54. The highest BCUT2D eigenvalue weighted by Crippen LogP contribution is 2.45. The van der Waals surface area contributed by atoms with Crippen molar-refractivity contribution in [1.29, 1.82) is 0 Å². The fourth-order valence-corrected chi connectivity index (χ4v) is 4.88. The first-order valence-corrected chi connectivity index (χ1v) is 12.1. The maximum atomic E-state index is 13.3. The molecule has 3 unspecified atom stereocenters. The first-order valence-electron chi connectivity index (χ1n) is 12.1. The summed E-state index contributed by atoms with van der Waals surface area (Å²) in [5.41, 5.74) is 1.77. The van der Waals surface area contributed by atoms with E-state index in [1.54, 1.807) is 0 Å². The van der Waals surface area contributed by atoms with Gasteiger partial charge in [-0.15, -0.1) is 0 Å². The van der Waals surface area contributed by atoms with E-state index in [1.807, 2.05) is 67.6 Å². The minimum absolute atomic E-state index is 0.180. The molecular weight excluding hydrogens is 444 g/mol. The number of aliphatic carboxylic acids is 1. The molecule has 4 N–H and O–H groups in total. The van der Waals surface area contributed by atoms with Crippen molar-refractivity contribution in [3.05, 3.63) is 82.3 Å². The fraction of sp³-hybridized carbons (Fsp3) is 0.370. The van der Waals surface area contributed by atoms with Crippen LogP contribution < -0.4 is 16.3 Å². The van der Waals surface area contributed by atoms with Crippen molar-refractivity contribution >= 4 is 17.6 Å². The van der Waals surface area contributed by atoms with Crippen LogP contribution in [0.25, 0.3) is 5.69 Å². The lowest BCUT2D eigenvalue weighted by Crippen LogP contribution is -2.44. The summed E-state index contributed by atoms with van der Waals surface area (Å²) in [5.74, 6) is -1.17. The standard InChI is InChI=1S/C27H32N4O4/c1-18-21(26(33)34)22(19-12-6-4-7-13-19)23-24(28-16-10-2-3-11-17-32)30-27(35)31(25(23)29-18)20-14-8-5-9-15-20/h4-9,12-15,18,21-22,29,32H,2-3,10-11,16-17H2,1H3,(H,33,34)(H,28,30,35). The number of aliphatic hydroxyl groups is 1. The number of aliphatic hydroxyl groups excluding tert-OH is 1. The molecule has 2 heterocycles. The number of fused-ring (bicyclic) bond motifs is 1. The van der Waals surface area contributed by atoms with Crippen LogP contribution in [0.3, 0.4) is 0 Å². The van der Waals surface area contributed by atoms with Crippen LogP contribution in [0.4, 0.5) is 11.6 Å². The molecule has 3 atom stereocenters. The van der Waals surface area contributed by atoms with Gasteiger partial charge in [-0.25, -0.2) is 9.36 Å². The Morgan fingerprint density at radius 1 is 1.03 bits per heavy atom. The Balaban J connectivity index is 1.86. The van der Waals surface area contributed by atoms with Crippen LogP contribution in [0.2, 0.25) is 0 Å². The molecule has 1 aromatic heterocycles. The number of aromatic nitrogens is 2. The predicted molar refractivity (Wildman–Crippen MR) is 136 cm³/mol. The molecule has 0 spiro atoms. The number of anilines is 2. The summed E-state index contributed by atoms with van der Waals surface area (Å²) in [7, 11) is 0. The van der Waals surface area contributed by atoms with Crippen LogP contribution in [-0.4, -0.2) is 44.9 Å². The molecule has 0 amide bonds. The summed E-state index contributed by atoms with van der Waals surface area (Å²) in [4.78, 5) is 30.2. The highest BCUT2D eigenvalue weighted by molar-refractivity contribution is 5.79. The number of carbonyl (C=O) groups is 1.